The van der Waals surface area contributed by atoms with E-state index in [1.54, 1.807) is 49.5 Å². The molecular weight excluding hydrogens is 366 g/mol. The number of nitrogens with one attached hydrogen (secondary N) is 3. The number of hydrogen-bond acceptors (Lipinski definition) is 7. The van der Waals surface area contributed by atoms with Gasteiger partial charge in [0.05, 0.1) is 17.6 Å². The number of nitrogens with zero attached hydrogens (tertiary/aromatic N) is 2. The Morgan fingerprint density at radius 1 is 1.07 bits per heavy atom. The van der Waals surface area contributed by atoms with Crippen LogP contribution in [-0.4, -0.2) is 35.1 Å². The molecule has 0 aliphatic rings. The molecule has 2 aromatic carbocycles. The van der Waals surface area contributed by atoms with E-state index in [0.717, 1.165) is 24.0 Å². The lowest BCUT2D eigenvalue weighted by molar-refractivity contribution is 0.112. The molecule has 3 rings (SSSR count). The van der Waals surface area contributed by atoms with Crippen molar-refractivity contribution in [1.82, 2.24) is 15.3 Å². The lowest BCUT2D eigenvalue weighted by Gasteiger charge is -2.11. The maximum atomic E-state index is 10.8. The van der Waals surface area contributed by atoms with Gasteiger partial charge in [-0.25, -0.2) is 4.98 Å². The molecule has 7 nitrogen and oxygen atoms in total. The van der Waals surface area contributed by atoms with Gasteiger partial charge >= 0.3 is 0 Å². The number of hydrogen-bond donors (Lipinski definition) is 3. The Labute approximate surface area is 168 Å². The van der Waals surface area contributed by atoms with Crippen molar-refractivity contribution in [3.05, 3.63) is 82.8 Å². The highest BCUT2D eigenvalue weighted by atomic mass is 16.5. The number of carbonyl (C=O) groups is 1. The average molecular weight is 387 g/mol. The minimum atomic E-state index is -0.245. The summed E-state index contributed by atoms with van der Waals surface area (Å²) in [6, 6.07) is 14.3. The second kappa shape index (κ2) is 8.99. The van der Waals surface area contributed by atoms with Crippen LogP contribution in [0, 0.1) is 17.7 Å². The minimum Gasteiger partial charge on any atom is -0.419 e. The summed E-state index contributed by atoms with van der Waals surface area (Å²) in [6.07, 6.45) is 2.38. The van der Waals surface area contributed by atoms with E-state index < -0.39 is 0 Å². The Hall–Kier alpha value is -3.71. The number of rotatable bonds is 6. The quantitative estimate of drug-likeness (QED) is 0.341. The van der Waals surface area contributed by atoms with Crippen LogP contribution in [0.1, 0.15) is 32.9 Å². The first kappa shape index (κ1) is 20.0. The van der Waals surface area contributed by atoms with Crippen molar-refractivity contribution < 1.29 is 9.53 Å². The summed E-state index contributed by atoms with van der Waals surface area (Å²) < 4.78 is 5.43. The highest BCUT2D eigenvalue weighted by molar-refractivity contribution is 6.04. The molecule has 0 aliphatic heterocycles. The molecule has 1 aromatic heterocycles. The van der Waals surface area contributed by atoms with Crippen LogP contribution in [0.4, 0.5) is 0 Å². The van der Waals surface area contributed by atoms with Gasteiger partial charge in [-0.05, 0) is 31.7 Å². The van der Waals surface area contributed by atoms with Crippen molar-refractivity contribution in [3.63, 3.8) is 0 Å². The Morgan fingerprint density at radius 3 is 2.38 bits per heavy atom. The maximum absolute atomic E-state index is 10.8. The fraction of sp³-hybridized carbons (Fsp3) is 0.136. The number of benzene rings is 2. The van der Waals surface area contributed by atoms with E-state index in [0.29, 0.717) is 22.5 Å². The van der Waals surface area contributed by atoms with E-state index in [1.165, 1.54) is 0 Å². The zero-order valence-corrected chi connectivity index (χ0v) is 16.2. The summed E-state index contributed by atoms with van der Waals surface area (Å²) in [4.78, 5) is 19.6. The highest BCUT2D eigenvalue weighted by Crippen LogP contribution is 2.19. The first-order valence-corrected chi connectivity index (χ1v) is 9.00. The van der Waals surface area contributed by atoms with E-state index in [-0.39, 0.29) is 17.5 Å². The van der Waals surface area contributed by atoms with Crippen LogP contribution < -0.4 is 5.32 Å². The van der Waals surface area contributed by atoms with Gasteiger partial charge in [-0.3, -0.25) is 20.6 Å². The average Bonchev–Trinajstić information content (AvgIpc) is 2.75. The molecule has 0 amide bonds. The molecular formula is C22H21N5O2. The summed E-state index contributed by atoms with van der Waals surface area (Å²) in [5.74, 6) is -0.376. The summed E-state index contributed by atoms with van der Waals surface area (Å²) in [5, 5.41) is 19.5. The van der Waals surface area contributed by atoms with Crippen LogP contribution in [0.2, 0.25) is 0 Å². The molecule has 0 saturated heterocycles. The largest absolute Gasteiger partial charge is 0.419 e. The van der Waals surface area contributed by atoms with E-state index in [1.807, 2.05) is 19.2 Å². The predicted molar refractivity (Wildman–Crippen MR) is 112 cm³/mol. The normalized spacial score (nSPS) is 10.4. The Balaban J connectivity index is 1.79. The summed E-state index contributed by atoms with van der Waals surface area (Å²) >= 11 is 0. The zero-order valence-electron chi connectivity index (χ0n) is 16.2. The van der Waals surface area contributed by atoms with E-state index in [2.05, 4.69) is 15.3 Å². The van der Waals surface area contributed by atoms with Crippen molar-refractivity contribution in [2.24, 2.45) is 0 Å². The molecule has 7 heteroatoms. The van der Waals surface area contributed by atoms with Crippen LogP contribution in [-0.2, 0) is 11.3 Å². The molecule has 0 unspecified atom stereocenters. The fourth-order valence-electron chi connectivity index (χ4n) is 2.72. The lowest BCUT2D eigenvalue weighted by Crippen LogP contribution is -2.16. The fourth-order valence-corrected chi connectivity index (χ4v) is 2.72. The van der Waals surface area contributed by atoms with Crippen LogP contribution in [0.5, 0.6) is 0 Å². The molecule has 0 fully saturated rings. The molecule has 0 radical (unpaired) electrons. The molecule has 3 N–H and O–H groups in total. The number of aryl methyl sites for hydroxylation is 1. The molecule has 146 valence electrons. The topological polar surface area (TPSA) is 112 Å². The third kappa shape index (κ3) is 4.77. The smallest absolute Gasteiger partial charge is 0.241 e. The Bertz CT molecular complexity index is 1040. The predicted octanol–water partition coefficient (Wildman–Crippen LogP) is 3.35. The van der Waals surface area contributed by atoms with E-state index in [4.69, 9.17) is 15.6 Å². The van der Waals surface area contributed by atoms with Crippen LogP contribution >= 0.6 is 0 Å². The van der Waals surface area contributed by atoms with Gasteiger partial charge in [-0.2, -0.15) is 0 Å². The van der Waals surface area contributed by atoms with Crippen molar-refractivity contribution in [2.45, 2.75) is 13.5 Å². The molecule has 0 spiro atoms. The van der Waals surface area contributed by atoms with Gasteiger partial charge in [0.2, 0.25) is 11.8 Å². The molecule has 0 atom stereocenters. The van der Waals surface area contributed by atoms with Crippen molar-refractivity contribution >= 4 is 18.1 Å². The van der Waals surface area contributed by atoms with Gasteiger partial charge in [-0.15, -0.1) is 0 Å². The second-order valence-electron chi connectivity index (χ2n) is 6.42. The molecule has 1 heterocycles. The third-order valence-electron chi connectivity index (χ3n) is 4.31. The first-order chi connectivity index (χ1) is 14.0. The SMILES string of the molecule is CNCc1ccc(C(=N)OC(=N)c2nc(-c3ccc(C=O)cc3)cnc2C)cc1. The number of carbonyl (C=O) groups excluding carboxylic acids is 1. The lowest BCUT2D eigenvalue weighted by atomic mass is 10.1. The molecule has 0 bridgehead atoms. The van der Waals surface area contributed by atoms with Crippen LogP contribution in [0.15, 0.2) is 54.7 Å². The highest BCUT2D eigenvalue weighted by Gasteiger charge is 2.15. The van der Waals surface area contributed by atoms with Crippen molar-refractivity contribution in [2.75, 3.05) is 7.05 Å². The third-order valence-corrected chi connectivity index (χ3v) is 4.31. The van der Waals surface area contributed by atoms with E-state index >= 15 is 0 Å². The number of aldehydes is 1. The van der Waals surface area contributed by atoms with Crippen LogP contribution in [0.3, 0.4) is 0 Å². The molecule has 29 heavy (non-hydrogen) atoms. The van der Waals surface area contributed by atoms with Gasteiger partial charge in [0.1, 0.15) is 12.0 Å². The maximum Gasteiger partial charge on any atom is 0.241 e. The Morgan fingerprint density at radius 2 is 1.76 bits per heavy atom. The van der Waals surface area contributed by atoms with Gasteiger partial charge in [0.25, 0.3) is 0 Å². The Kier molecular flexibility index (Phi) is 6.21. The van der Waals surface area contributed by atoms with Crippen molar-refractivity contribution in [3.8, 4) is 11.3 Å². The van der Waals surface area contributed by atoms with Gasteiger partial charge < -0.3 is 10.1 Å². The molecule has 0 saturated carbocycles. The first-order valence-electron chi connectivity index (χ1n) is 9.00. The zero-order chi connectivity index (χ0) is 20.8. The summed E-state index contributed by atoms with van der Waals surface area (Å²) in [5.41, 5.74) is 4.35. The minimum absolute atomic E-state index is 0.132. The van der Waals surface area contributed by atoms with Crippen LogP contribution in [0.25, 0.3) is 11.3 Å². The summed E-state index contributed by atoms with van der Waals surface area (Å²) in [6.45, 7) is 2.47. The standard InChI is InChI=1S/C22H21N5O2/c1-14-20(27-19(12-26-14)17-7-5-16(13-28)6-8-17)22(24)29-21(23)18-9-3-15(4-10-18)11-25-2/h3-10,12-13,23-25H,11H2,1-2H3. The summed E-state index contributed by atoms with van der Waals surface area (Å²) in [7, 11) is 1.87. The van der Waals surface area contributed by atoms with E-state index in [9.17, 15) is 4.79 Å². The molecule has 0 aliphatic carbocycles. The monoisotopic (exact) mass is 387 g/mol. The molecule has 3 aromatic rings. The number of ether oxygens (including phenoxy) is 1. The van der Waals surface area contributed by atoms with Gasteiger partial charge in [-0.1, -0.05) is 36.4 Å². The number of aromatic nitrogens is 2. The van der Waals surface area contributed by atoms with Gasteiger partial charge in [0.15, 0.2) is 0 Å². The van der Waals surface area contributed by atoms with Gasteiger partial charge in [0, 0.05) is 23.2 Å². The van der Waals surface area contributed by atoms with Crippen molar-refractivity contribution in [1.29, 1.82) is 10.8 Å². The second-order valence-corrected chi connectivity index (χ2v) is 6.42.